The average molecular weight is 546 g/mol. The van der Waals surface area contributed by atoms with Crippen molar-refractivity contribution in [2.75, 3.05) is 17.4 Å². The molecule has 0 aliphatic carbocycles. The number of anilines is 1. The maximum Gasteiger partial charge on any atom is 0.264 e. The van der Waals surface area contributed by atoms with Crippen molar-refractivity contribution in [2.45, 2.75) is 38.3 Å². The number of amides is 2. The summed E-state index contributed by atoms with van der Waals surface area (Å²) in [6, 6.07) is 17.3. The van der Waals surface area contributed by atoms with Crippen molar-refractivity contribution in [3.63, 3.8) is 0 Å². The lowest BCUT2D eigenvalue weighted by Crippen LogP contribution is -2.51. The number of nitrogens with one attached hydrogen (secondary N) is 1. The topological polar surface area (TPSA) is 86.8 Å². The lowest BCUT2D eigenvalue weighted by atomic mass is 10.1. The summed E-state index contributed by atoms with van der Waals surface area (Å²) in [7, 11) is -4.34. The Hall–Kier alpha value is -3.43. The predicted molar refractivity (Wildman–Crippen MR) is 142 cm³/mol. The van der Waals surface area contributed by atoms with Gasteiger partial charge in [0.25, 0.3) is 10.0 Å². The number of aryl methyl sites for hydroxylation is 1. The molecule has 3 aromatic carbocycles. The monoisotopic (exact) mass is 545 g/mol. The lowest BCUT2D eigenvalue weighted by Gasteiger charge is -2.32. The summed E-state index contributed by atoms with van der Waals surface area (Å²) in [5.41, 5.74) is 1.14. The van der Waals surface area contributed by atoms with Crippen LogP contribution in [0.2, 0.25) is 5.02 Å². The second kappa shape index (κ2) is 12.2. The first kappa shape index (κ1) is 28.1. The predicted octanol–water partition coefficient (Wildman–Crippen LogP) is 4.54. The van der Waals surface area contributed by atoms with E-state index >= 15 is 0 Å². The summed E-state index contributed by atoms with van der Waals surface area (Å²) in [6.07, 6.45) is 0. The van der Waals surface area contributed by atoms with E-state index in [0.29, 0.717) is 17.1 Å². The number of halogens is 2. The van der Waals surface area contributed by atoms with Gasteiger partial charge in [0.1, 0.15) is 18.4 Å². The fourth-order valence-corrected chi connectivity index (χ4v) is 5.34. The number of benzene rings is 3. The third-order valence-corrected chi connectivity index (χ3v) is 7.97. The van der Waals surface area contributed by atoms with E-state index in [2.05, 4.69) is 5.32 Å². The number of likely N-dealkylation sites (N-methyl/N-ethyl adjacent to an activating group) is 1. The summed E-state index contributed by atoms with van der Waals surface area (Å²) in [6.45, 7) is 4.67. The van der Waals surface area contributed by atoms with Crippen LogP contribution >= 0.6 is 11.6 Å². The molecular formula is C27H29ClFN3O4S. The van der Waals surface area contributed by atoms with Crippen molar-refractivity contribution in [2.24, 2.45) is 0 Å². The number of para-hydroxylation sites is 1. The molecular weight excluding hydrogens is 517 g/mol. The third-order valence-electron chi connectivity index (χ3n) is 5.83. The largest absolute Gasteiger partial charge is 0.355 e. The number of hydrogen-bond acceptors (Lipinski definition) is 4. The highest BCUT2D eigenvalue weighted by Gasteiger charge is 2.33. The molecule has 37 heavy (non-hydrogen) atoms. The van der Waals surface area contributed by atoms with E-state index in [1.54, 1.807) is 50.2 Å². The van der Waals surface area contributed by atoms with Gasteiger partial charge in [0, 0.05) is 18.1 Å². The number of hydrogen-bond donors (Lipinski definition) is 1. The van der Waals surface area contributed by atoms with Gasteiger partial charge in [0.05, 0.1) is 10.6 Å². The minimum atomic E-state index is -4.34. The normalized spacial score (nSPS) is 12.0. The fourth-order valence-electron chi connectivity index (χ4n) is 3.72. The third kappa shape index (κ3) is 6.67. The molecule has 7 nitrogen and oxygen atoms in total. The molecule has 0 spiro atoms. The van der Waals surface area contributed by atoms with Crippen LogP contribution in [0.4, 0.5) is 10.1 Å². The maximum absolute atomic E-state index is 14.9. The molecule has 0 aliphatic rings. The Morgan fingerprint density at radius 1 is 1.00 bits per heavy atom. The van der Waals surface area contributed by atoms with Crippen LogP contribution in [0.5, 0.6) is 0 Å². The molecule has 3 aromatic rings. The summed E-state index contributed by atoms with van der Waals surface area (Å²) >= 11 is 6.31. The number of sulfonamides is 1. The quantitative estimate of drug-likeness (QED) is 0.405. The van der Waals surface area contributed by atoms with Crippen LogP contribution in [0.15, 0.2) is 77.7 Å². The molecule has 196 valence electrons. The molecule has 2 amide bonds. The number of nitrogens with zero attached hydrogens (tertiary/aromatic N) is 2. The smallest absolute Gasteiger partial charge is 0.264 e. The first-order valence-electron chi connectivity index (χ1n) is 11.7. The SMILES string of the molecule is CCNC(=O)[C@H](C)N(Cc1ccccc1Cl)C(=O)CN(c1ccccc1F)S(=O)(=O)c1ccc(C)cc1. The minimum absolute atomic E-state index is 0.0491. The van der Waals surface area contributed by atoms with Crippen LogP contribution in [-0.4, -0.2) is 44.3 Å². The number of rotatable bonds is 10. The first-order valence-corrected chi connectivity index (χ1v) is 13.5. The summed E-state index contributed by atoms with van der Waals surface area (Å²) in [5.74, 6) is -1.92. The van der Waals surface area contributed by atoms with Crippen molar-refractivity contribution in [1.29, 1.82) is 0 Å². The molecule has 0 unspecified atom stereocenters. The van der Waals surface area contributed by atoms with E-state index < -0.39 is 40.2 Å². The molecule has 3 rings (SSSR count). The van der Waals surface area contributed by atoms with Gasteiger partial charge in [-0.15, -0.1) is 0 Å². The maximum atomic E-state index is 14.9. The van der Waals surface area contributed by atoms with Gasteiger partial charge in [-0.3, -0.25) is 13.9 Å². The van der Waals surface area contributed by atoms with Crippen LogP contribution in [0.3, 0.4) is 0 Å². The van der Waals surface area contributed by atoms with Gasteiger partial charge in [0.15, 0.2) is 0 Å². The standard InChI is InChI=1S/C27H29ClFN3O4S/c1-4-30-27(34)20(3)31(17-21-9-5-6-10-23(21)28)26(33)18-32(25-12-8-7-11-24(25)29)37(35,36)22-15-13-19(2)14-16-22/h5-16,20H,4,17-18H2,1-3H3,(H,30,34)/t20-/m0/s1. The van der Waals surface area contributed by atoms with Crippen LogP contribution < -0.4 is 9.62 Å². The molecule has 0 heterocycles. The van der Waals surface area contributed by atoms with Crippen molar-refractivity contribution >= 4 is 39.1 Å². The molecule has 0 fully saturated rings. The zero-order chi connectivity index (χ0) is 27.2. The molecule has 0 saturated carbocycles. The second-order valence-electron chi connectivity index (χ2n) is 8.46. The highest BCUT2D eigenvalue weighted by atomic mass is 35.5. The molecule has 1 atom stereocenters. The highest BCUT2D eigenvalue weighted by Crippen LogP contribution is 2.27. The van der Waals surface area contributed by atoms with Gasteiger partial charge in [-0.25, -0.2) is 12.8 Å². The van der Waals surface area contributed by atoms with Gasteiger partial charge in [0.2, 0.25) is 11.8 Å². The molecule has 0 radical (unpaired) electrons. The van der Waals surface area contributed by atoms with Crippen LogP contribution in [-0.2, 0) is 26.2 Å². The molecule has 0 saturated heterocycles. The van der Waals surface area contributed by atoms with Gasteiger partial charge in [-0.1, -0.05) is 59.6 Å². The van der Waals surface area contributed by atoms with E-state index in [-0.39, 0.29) is 17.1 Å². The van der Waals surface area contributed by atoms with Gasteiger partial charge >= 0.3 is 0 Å². The Balaban J connectivity index is 2.05. The molecule has 0 aromatic heterocycles. The zero-order valence-corrected chi connectivity index (χ0v) is 22.4. The van der Waals surface area contributed by atoms with Crippen molar-refractivity contribution in [1.82, 2.24) is 10.2 Å². The number of carbonyl (C=O) groups excluding carboxylic acids is 2. The van der Waals surface area contributed by atoms with Gasteiger partial charge in [-0.05, 0) is 56.7 Å². The minimum Gasteiger partial charge on any atom is -0.355 e. The molecule has 0 bridgehead atoms. The van der Waals surface area contributed by atoms with Crippen LogP contribution in [0.25, 0.3) is 0 Å². The highest BCUT2D eigenvalue weighted by molar-refractivity contribution is 7.92. The average Bonchev–Trinajstić information content (AvgIpc) is 2.87. The Morgan fingerprint density at radius 2 is 1.62 bits per heavy atom. The van der Waals surface area contributed by atoms with E-state index in [0.717, 1.165) is 15.9 Å². The zero-order valence-electron chi connectivity index (χ0n) is 20.8. The van der Waals surface area contributed by atoms with Gasteiger partial charge in [-0.2, -0.15) is 0 Å². The van der Waals surface area contributed by atoms with E-state index in [4.69, 9.17) is 11.6 Å². The molecule has 1 N–H and O–H groups in total. The van der Waals surface area contributed by atoms with E-state index in [9.17, 15) is 22.4 Å². The Labute approximate surface area is 221 Å². The van der Waals surface area contributed by atoms with Crippen molar-refractivity contribution < 1.29 is 22.4 Å². The van der Waals surface area contributed by atoms with Crippen LogP contribution in [0, 0.1) is 12.7 Å². The first-order chi connectivity index (χ1) is 17.6. The van der Waals surface area contributed by atoms with E-state index in [1.807, 2.05) is 6.92 Å². The van der Waals surface area contributed by atoms with Crippen LogP contribution in [0.1, 0.15) is 25.0 Å². The number of carbonyl (C=O) groups is 2. The molecule has 0 aliphatic heterocycles. The van der Waals surface area contributed by atoms with Crippen molar-refractivity contribution in [3.8, 4) is 0 Å². The van der Waals surface area contributed by atoms with E-state index in [1.165, 1.54) is 35.2 Å². The Bertz CT molecular complexity index is 1370. The fraction of sp³-hybridized carbons (Fsp3) is 0.259. The van der Waals surface area contributed by atoms with Gasteiger partial charge < -0.3 is 10.2 Å². The Morgan fingerprint density at radius 3 is 2.24 bits per heavy atom. The lowest BCUT2D eigenvalue weighted by molar-refractivity contribution is -0.139. The summed E-state index contributed by atoms with van der Waals surface area (Å²) in [5, 5.41) is 3.07. The summed E-state index contributed by atoms with van der Waals surface area (Å²) < 4.78 is 42.9. The molecule has 10 heteroatoms. The Kier molecular flexibility index (Phi) is 9.29. The van der Waals surface area contributed by atoms with Crippen molar-refractivity contribution in [3.05, 3.63) is 94.8 Å². The summed E-state index contributed by atoms with van der Waals surface area (Å²) in [4.78, 5) is 27.6. The second-order valence-corrected chi connectivity index (χ2v) is 10.7.